The van der Waals surface area contributed by atoms with Gasteiger partial charge >= 0.3 is 5.69 Å². The second-order valence-corrected chi connectivity index (χ2v) is 6.76. The molecule has 1 saturated heterocycles. The van der Waals surface area contributed by atoms with Gasteiger partial charge in [0.1, 0.15) is 6.23 Å². The lowest BCUT2D eigenvalue weighted by atomic mass is 10.0. The Kier molecular flexibility index (Phi) is 4.93. The van der Waals surface area contributed by atoms with Crippen molar-refractivity contribution in [1.82, 2.24) is 9.55 Å². The molecule has 2 aromatic rings. The number of nitrogens with zero attached hydrogens (tertiary/aromatic N) is 1. The van der Waals surface area contributed by atoms with Gasteiger partial charge < -0.3 is 9.84 Å². The normalized spacial score (nSPS) is 24.9. The lowest BCUT2D eigenvalue weighted by Gasteiger charge is -2.22. The Hall–Kier alpha value is -1.83. The van der Waals surface area contributed by atoms with Crippen molar-refractivity contribution in [2.75, 3.05) is 0 Å². The van der Waals surface area contributed by atoms with Gasteiger partial charge in [-0.1, -0.05) is 30.3 Å². The molecule has 4 atom stereocenters. The van der Waals surface area contributed by atoms with Crippen LogP contribution in [0.15, 0.2) is 46.1 Å². The van der Waals surface area contributed by atoms with Gasteiger partial charge in [0, 0.05) is 23.4 Å². The molecule has 1 aliphatic heterocycles. The number of H-pyrrole nitrogens is 1. The van der Waals surface area contributed by atoms with Gasteiger partial charge in [-0.3, -0.25) is 14.3 Å². The van der Waals surface area contributed by atoms with E-state index in [9.17, 15) is 14.7 Å². The van der Waals surface area contributed by atoms with Crippen LogP contribution in [0, 0.1) is 6.92 Å². The highest BCUT2D eigenvalue weighted by atomic mass is 32.1. The maximum Gasteiger partial charge on any atom is 0.330 e. The van der Waals surface area contributed by atoms with E-state index in [4.69, 9.17) is 4.74 Å². The van der Waals surface area contributed by atoms with Crippen LogP contribution in [0.2, 0.25) is 0 Å². The average molecular weight is 348 g/mol. The molecule has 128 valence electrons. The minimum absolute atomic E-state index is 0.202. The van der Waals surface area contributed by atoms with Crippen molar-refractivity contribution in [3.63, 3.8) is 0 Å². The third-order valence-corrected chi connectivity index (χ3v) is 4.74. The Morgan fingerprint density at radius 3 is 2.79 bits per heavy atom. The summed E-state index contributed by atoms with van der Waals surface area (Å²) in [5, 5.41) is 10.1. The second-order valence-electron chi connectivity index (χ2n) is 6.09. The number of aliphatic hydroxyl groups excluding tert-OH is 1. The summed E-state index contributed by atoms with van der Waals surface area (Å²) in [5.41, 5.74) is 0.571. The summed E-state index contributed by atoms with van der Waals surface area (Å²) in [6.07, 6.45) is 0.572. The standard InChI is InChI=1S/C17H20N2O4S/c1-10-9-19(17(22)18-16(10)21)14-8-12(20)15(23-14)13(24)7-11-5-3-2-4-6-11/h2-6,9,12-15,20,24H,7-8H2,1H3,(H,18,21,22)/t12-,13?,14+,15-/m0/s1. The molecule has 0 saturated carbocycles. The van der Waals surface area contributed by atoms with Gasteiger partial charge in [0.2, 0.25) is 0 Å². The van der Waals surface area contributed by atoms with E-state index in [1.54, 1.807) is 6.92 Å². The number of thiol groups is 1. The van der Waals surface area contributed by atoms with E-state index in [1.807, 2.05) is 30.3 Å². The zero-order valence-electron chi connectivity index (χ0n) is 13.3. The summed E-state index contributed by atoms with van der Waals surface area (Å²) < 4.78 is 7.21. The Balaban J connectivity index is 1.76. The van der Waals surface area contributed by atoms with E-state index in [0.717, 1.165) is 5.56 Å². The van der Waals surface area contributed by atoms with Gasteiger partial charge in [0.25, 0.3) is 5.56 Å². The fourth-order valence-corrected chi connectivity index (χ4v) is 3.45. The molecular formula is C17H20N2O4S. The van der Waals surface area contributed by atoms with E-state index in [1.165, 1.54) is 10.8 Å². The number of nitrogens with one attached hydrogen (secondary N) is 1. The second kappa shape index (κ2) is 6.96. The predicted octanol–water partition coefficient (Wildman–Crippen LogP) is 1.03. The Morgan fingerprint density at radius 1 is 1.38 bits per heavy atom. The molecule has 7 heteroatoms. The first kappa shape index (κ1) is 17.0. The number of benzene rings is 1. The summed E-state index contributed by atoms with van der Waals surface area (Å²) in [6.45, 7) is 1.62. The Labute approximate surface area is 144 Å². The molecule has 6 nitrogen and oxygen atoms in total. The molecule has 1 aromatic carbocycles. The smallest absolute Gasteiger partial charge is 0.330 e. The molecule has 1 aromatic heterocycles. The van der Waals surface area contributed by atoms with Gasteiger partial charge in [-0.2, -0.15) is 12.6 Å². The van der Waals surface area contributed by atoms with Crippen LogP contribution in [0.1, 0.15) is 23.8 Å². The van der Waals surface area contributed by atoms with Crippen LogP contribution in [0.5, 0.6) is 0 Å². The van der Waals surface area contributed by atoms with Crippen molar-refractivity contribution in [2.45, 2.75) is 43.5 Å². The average Bonchev–Trinajstić information content (AvgIpc) is 2.93. The van der Waals surface area contributed by atoms with Gasteiger partial charge in [-0.15, -0.1) is 0 Å². The molecular weight excluding hydrogens is 328 g/mol. The summed E-state index contributed by atoms with van der Waals surface area (Å²) >= 11 is 4.58. The van der Waals surface area contributed by atoms with Crippen LogP contribution < -0.4 is 11.2 Å². The molecule has 1 unspecified atom stereocenters. The van der Waals surface area contributed by atoms with Crippen molar-refractivity contribution in [2.24, 2.45) is 0 Å². The fraction of sp³-hybridized carbons (Fsp3) is 0.412. The molecule has 2 N–H and O–H groups in total. The highest BCUT2D eigenvalue weighted by Crippen LogP contribution is 2.32. The van der Waals surface area contributed by atoms with Crippen LogP contribution >= 0.6 is 12.6 Å². The first-order valence-corrected chi connectivity index (χ1v) is 8.35. The number of hydrogen-bond acceptors (Lipinski definition) is 5. The zero-order chi connectivity index (χ0) is 17.3. The minimum Gasteiger partial charge on any atom is -0.390 e. The Morgan fingerprint density at radius 2 is 2.08 bits per heavy atom. The summed E-state index contributed by atoms with van der Waals surface area (Å²) in [4.78, 5) is 25.7. The van der Waals surface area contributed by atoms with Crippen LogP contribution in [-0.2, 0) is 11.2 Å². The summed E-state index contributed by atoms with van der Waals surface area (Å²) in [5.74, 6) is 0. The highest BCUT2D eigenvalue weighted by molar-refractivity contribution is 7.81. The van der Waals surface area contributed by atoms with E-state index in [-0.39, 0.29) is 11.7 Å². The topological polar surface area (TPSA) is 84.3 Å². The van der Waals surface area contributed by atoms with E-state index in [2.05, 4.69) is 17.6 Å². The quantitative estimate of drug-likeness (QED) is 0.721. The molecule has 0 aliphatic carbocycles. The number of aryl methyl sites for hydroxylation is 1. The summed E-state index contributed by atoms with van der Waals surface area (Å²) in [6, 6.07) is 9.84. The zero-order valence-corrected chi connectivity index (χ0v) is 14.1. The van der Waals surface area contributed by atoms with Crippen LogP contribution in [0.3, 0.4) is 0 Å². The van der Waals surface area contributed by atoms with Gasteiger partial charge in [0.15, 0.2) is 0 Å². The lowest BCUT2D eigenvalue weighted by molar-refractivity contribution is -0.0206. The van der Waals surface area contributed by atoms with Crippen LogP contribution in [0.4, 0.5) is 0 Å². The van der Waals surface area contributed by atoms with Gasteiger partial charge in [-0.25, -0.2) is 4.79 Å². The maximum atomic E-state index is 12.0. The molecule has 1 fully saturated rings. The molecule has 0 amide bonds. The number of aromatic amines is 1. The lowest BCUT2D eigenvalue weighted by Crippen LogP contribution is -2.34. The largest absolute Gasteiger partial charge is 0.390 e. The van der Waals surface area contributed by atoms with Crippen molar-refractivity contribution in [1.29, 1.82) is 0 Å². The molecule has 0 radical (unpaired) electrons. The molecule has 2 heterocycles. The highest BCUT2D eigenvalue weighted by Gasteiger charge is 2.39. The number of ether oxygens (including phenoxy) is 1. The third-order valence-electron chi connectivity index (χ3n) is 4.26. The molecule has 0 bridgehead atoms. The minimum atomic E-state index is -0.722. The third kappa shape index (κ3) is 3.48. The number of hydrogen-bond donors (Lipinski definition) is 3. The SMILES string of the molecule is Cc1cn([C@H]2C[C@H](O)[C@@H](C(S)Cc3ccccc3)O2)c(=O)[nH]c1=O. The maximum absolute atomic E-state index is 12.0. The molecule has 0 spiro atoms. The monoisotopic (exact) mass is 348 g/mol. The number of aliphatic hydroxyl groups is 1. The van der Waals surface area contributed by atoms with Gasteiger partial charge in [-0.05, 0) is 18.9 Å². The number of aromatic nitrogens is 2. The Bertz CT molecular complexity index is 817. The molecule has 1 aliphatic rings. The van der Waals surface area contributed by atoms with Crippen molar-refractivity contribution in [3.8, 4) is 0 Å². The molecule has 3 rings (SSSR count). The fourth-order valence-electron chi connectivity index (χ4n) is 2.97. The van der Waals surface area contributed by atoms with Crippen molar-refractivity contribution in [3.05, 3.63) is 68.5 Å². The van der Waals surface area contributed by atoms with E-state index in [0.29, 0.717) is 12.0 Å². The first-order chi connectivity index (χ1) is 11.5. The van der Waals surface area contributed by atoms with Crippen LogP contribution in [-0.4, -0.2) is 32.1 Å². The van der Waals surface area contributed by atoms with E-state index >= 15 is 0 Å². The molecule has 24 heavy (non-hydrogen) atoms. The van der Waals surface area contributed by atoms with Gasteiger partial charge in [0.05, 0.1) is 12.2 Å². The van der Waals surface area contributed by atoms with E-state index < -0.39 is 29.7 Å². The number of rotatable bonds is 4. The first-order valence-electron chi connectivity index (χ1n) is 7.83. The predicted molar refractivity (Wildman–Crippen MR) is 93.5 cm³/mol. The van der Waals surface area contributed by atoms with Crippen molar-refractivity contribution >= 4 is 12.6 Å². The van der Waals surface area contributed by atoms with Crippen molar-refractivity contribution < 1.29 is 9.84 Å². The summed E-state index contributed by atoms with van der Waals surface area (Å²) in [7, 11) is 0. The van der Waals surface area contributed by atoms with Crippen LogP contribution in [0.25, 0.3) is 0 Å².